The Morgan fingerprint density at radius 2 is 2.00 bits per heavy atom. The average Bonchev–Trinajstić information content (AvgIpc) is 2.93. The van der Waals surface area contributed by atoms with Crippen LogP contribution in [-0.4, -0.2) is 41.6 Å². The van der Waals surface area contributed by atoms with E-state index < -0.39 is 10.0 Å². The summed E-state index contributed by atoms with van der Waals surface area (Å²) < 4.78 is 28.7. The number of nitrogens with zero attached hydrogens (tertiary/aromatic N) is 3. The lowest BCUT2D eigenvalue weighted by molar-refractivity contribution is 0.470. The Morgan fingerprint density at radius 1 is 1.35 bits per heavy atom. The molecule has 20 heavy (non-hydrogen) atoms. The predicted molar refractivity (Wildman–Crippen MR) is 80.6 cm³/mol. The second-order valence-electron chi connectivity index (χ2n) is 4.97. The minimum atomic E-state index is -3.47. The second kappa shape index (κ2) is 6.43. The minimum absolute atomic E-state index is 0. The third-order valence-electron chi connectivity index (χ3n) is 3.64. The van der Waals surface area contributed by atoms with Crippen LogP contribution < -0.4 is 5.73 Å². The molecule has 8 heteroatoms. The third kappa shape index (κ3) is 2.86. The van der Waals surface area contributed by atoms with E-state index >= 15 is 0 Å². The first-order valence-corrected chi connectivity index (χ1v) is 8.16. The van der Waals surface area contributed by atoms with Crippen LogP contribution in [0.3, 0.4) is 0 Å². The normalized spacial score (nSPS) is 20.1. The molecule has 6 nitrogen and oxygen atoms in total. The van der Waals surface area contributed by atoms with Crippen molar-refractivity contribution in [3.05, 3.63) is 11.4 Å². The number of rotatable bonds is 4. The van der Waals surface area contributed by atoms with Crippen molar-refractivity contribution < 1.29 is 8.42 Å². The Kier molecular flexibility index (Phi) is 5.60. The van der Waals surface area contributed by atoms with Crippen LogP contribution in [0, 0.1) is 0 Å². The maximum atomic E-state index is 12.8. The maximum Gasteiger partial charge on any atom is 0.246 e. The van der Waals surface area contributed by atoms with E-state index in [0.717, 1.165) is 12.1 Å². The lowest BCUT2D eigenvalue weighted by atomic mass is 10.2. The lowest BCUT2D eigenvalue weighted by Crippen LogP contribution is -2.32. The molecule has 1 aromatic rings. The fraction of sp³-hybridized carbons (Fsp3) is 0.750. The first kappa shape index (κ1) is 17.4. The van der Waals surface area contributed by atoms with Crippen molar-refractivity contribution in [3.63, 3.8) is 0 Å². The number of aryl methyl sites for hydroxylation is 2. The summed E-state index contributed by atoms with van der Waals surface area (Å²) in [7, 11) is -1.67. The zero-order valence-electron chi connectivity index (χ0n) is 12.2. The van der Waals surface area contributed by atoms with Gasteiger partial charge in [0, 0.05) is 26.2 Å². The van der Waals surface area contributed by atoms with Crippen molar-refractivity contribution >= 4 is 22.4 Å². The molecule has 1 saturated heterocycles. The summed E-state index contributed by atoms with van der Waals surface area (Å²) in [5.74, 6) is 0. The van der Waals surface area contributed by atoms with Gasteiger partial charge in [-0.3, -0.25) is 4.68 Å². The molecule has 116 valence electrons. The van der Waals surface area contributed by atoms with Crippen molar-refractivity contribution in [2.45, 2.75) is 44.0 Å². The van der Waals surface area contributed by atoms with E-state index in [4.69, 9.17) is 5.73 Å². The number of nitrogens with two attached hydrogens (primary N) is 1. The van der Waals surface area contributed by atoms with Gasteiger partial charge in [0.25, 0.3) is 0 Å². The monoisotopic (exact) mass is 322 g/mol. The van der Waals surface area contributed by atoms with Crippen molar-refractivity contribution in [1.82, 2.24) is 14.1 Å². The van der Waals surface area contributed by atoms with Crippen molar-refractivity contribution in [1.29, 1.82) is 0 Å². The molecule has 0 amide bonds. The highest BCUT2D eigenvalue weighted by atomic mass is 35.5. The van der Waals surface area contributed by atoms with E-state index in [2.05, 4.69) is 5.10 Å². The zero-order valence-corrected chi connectivity index (χ0v) is 13.8. The summed E-state index contributed by atoms with van der Waals surface area (Å²) >= 11 is 0. The molecule has 1 atom stereocenters. The summed E-state index contributed by atoms with van der Waals surface area (Å²) in [5, 5.41) is 4.34. The van der Waals surface area contributed by atoms with Gasteiger partial charge in [0.05, 0.1) is 11.4 Å². The molecule has 0 spiro atoms. The van der Waals surface area contributed by atoms with Gasteiger partial charge in [-0.2, -0.15) is 9.40 Å². The van der Waals surface area contributed by atoms with Gasteiger partial charge in [0.2, 0.25) is 10.0 Å². The maximum absolute atomic E-state index is 12.8. The van der Waals surface area contributed by atoms with Gasteiger partial charge in [-0.1, -0.05) is 13.8 Å². The molecular weight excluding hydrogens is 300 g/mol. The summed E-state index contributed by atoms with van der Waals surface area (Å²) in [6.45, 7) is 4.79. The summed E-state index contributed by atoms with van der Waals surface area (Å²) in [4.78, 5) is 0.397. The SMILES string of the molecule is CCc1nn(C)c(CC)c1S(=O)(=O)N1CCC(N)C1.Cl. The topological polar surface area (TPSA) is 81.2 Å². The van der Waals surface area contributed by atoms with Gasteiger partial charge in [0.15, 0.2) is 0 Å². The molecule has 0 bridgehead atoms. The van der Waals surface area contributed by atoms with E-state index in [9.17, 15) is 8.42 Å². The number of halogens is 1. The highest BCUT2D eigenvalue weighted by molar-refractivity contribution is 7.89. The van der Waals surface area contributed by atoms with Gasteiger partial charge in [0.1, 0.15) is 4.90 Å². The number of hydrogen-bond donors (Lipinski definition) is 1. The summed E-state index contributed by atoms with van der Waals surface area (Å²) in [5.41, 5.74) is 7.25. The number of hydrogen-bond acceptors (Lipinski definition) is 4. The van der Waals surface area contributed by atoms with Crippen molar-refractivity contribution in [3.8, 4) is 0 Å². The number of sulfonamides is 1. The van der Waals surface area contributed by atoms with Crippen LogP contribution >= 0.6 is 12.4 Å². The van der Waals surface area contributed by atoms with Crippen molar-refractivity contribution in [2.24, 2.45) is 12.8 Å². The molecule has 0 saturated carbocycles. The Morgan fingerprint density at radius 3 is 2.45 bits per heavy atom. The molecule has 1 aliphatic rings. The summed E-state index contributed by atoms with van der Waals surface area (Å²) in [6, 6.07) is -0.0541. The molecule has 2 heterocycles. The van der Waals surface area contributed by atoms with Crippen LogP contribution in [-0.2, 0) is 29.9 Å². The molecule has 2 N–H and O–H groups in total. The van der Waals surface area contributed by atoms with Gasteiger partial charge in [-0.25, -0.2) is 8.42 Å². The Bertz CT molecular complexity index is 570. The van der Waals surface area contributed by atoms with Crippen LogP contribution in [0.5, 0.6) is 0 Å². The first-order chi connectivity index (χ1) is 8.91. The van der Waals surface area contributed by atoms with Crippen LogP contribution in [0.1, 0.15) is 31.7 Å². The van der Waals surface area contributed by atoms with Gasteiger partial charge in [-0.05, 0) is 19.3 Å². The third-order valence-corrected chi connectivity index (χ3v) is 5.64. The van der Waals surface area contributed by atoms with E-state index in [1.165, 1.54) is 4.31 Å². The zero-order chi connectivity index (χ0) is 14.2. The molecule has 1 aliphatic heterocycles. The molecule has 1 fully saturated rings. The van der Waals surface area contributed by atoms with Crippen LogP contribution in [0.25, 0.3) is 0 Å². The molecule has 1 unspecified atom stereocenters. The largest absolute Gasteiger partial charge is 0.326 e. The molecule has 0 aliphatic carbocycles. The van der Waals surface area contributed by atoms with E-state index in [0.29, 0.717) is 36.5 Å². The van der Waals surface area contributed by atoms with Gasteiger partial charge < -0.3 is 5.73 Å². The smallest absolute Gasteiger partial charge is 0.246 e. The Hall–Kier alpha value is -0.630. The van der Waals surface area contributed by atoms with Crippen LogP contribution in [0.15, 0.2) is 4.90 Å². The fourth-order valence-electron chi connectivity index (χ4n) is 2.62. The first-order valence-electron chi connectivity index (χ1n) is 6.72. The van der Waals surface area contributed by atoms with Crippen LogP contribution in [0.2, 0.25) is 0 Å². The van der Waals surface area contributed by atoms with E-state index in [-0.39, 0.29) is 18.4 Å². The lowest BCUT2D eigenvalue weighted by Gasteiger charge is -2.17. The summed E-state index contributed by atoms with van der Waals surface area (Å²) in [6.07, 6.45) is 1.99. The minimum Gasteiger partial charge on any atom is -0.326 e. The van der Waals surface area contributed by atoms with Crippen molar-refractivity contribution in [2.75, 3.05) is 13.1 Å². The van der Waals surface area contributed by atoms with E-state index in [1.807, 2.05) is 13.8 Å². The van der Waals surface area contributed by atoms with Gasteiger partial charge in [-0.15, -0.1) is 12.4 Å². The Labute approximate surface area is 126 Å². The highest BCUT2D eigenvalue weighted by Gasteiger charge is 2.35. The van der Waals surface area contributed by atoms with Gasteiger partial charge >= 0.3 is 0 Å². The molecule has 0 aromatic carbocycles. The highest BCUT2D eigenvalue weighted by Crippen LogP contribution is 2.27. The average molecular weight is 323 g/mol. The second-order valence-corrected chi connectivity index (χ2v) is 6.84. The number of aromatic nitrogens is 2. The molecule has 0 radical (unpaired) electrons. The molecule has 2 rings (SSSR count). The molecule has 1 aromatic heterocycles. The van der Waals surface area contributed by atoms with E-state index in [1.54, 1.807) is 11.7 Å². The Balaban J connectivity index is 0.00000200. The standard InChI is InChI=1S/C12H22N4O2S.ClH/c1-4-10-12(11(5-2)15(3)14-10)19(17,18)16-7-6-9(13)8-16;/h9H,4-8,13H2,1-3H3;1H. The quantitative estimate of drug-likeness (QED) is 0.884. The fourth-order valence-corrected chi connectivity index (χ4v) is 4.67. The van der Waals surface area contributed by atoms with Crippen LogP contribution in [0.4, 0.5) is 0 Å². The molecular formula is C12H23ClN4O2S. The predicted octanol–water partition coefficient (Wildman–Crippen LogP) is 0.688.